The summed E-state index contributed by atoms with van der Waals surface area (Å²) in [5, 5.41) is 2.73. The minimum absolute atomic E-state index is 1.21. The number of fused-ring (bicyclic) bond motifs is 1. The first-order valence-corrected chi connectivity index (χ1v) is 6.80. The van der Waals surface area contributed by atoms with Crippen LogP contribution < -0.4 is 0 Å². The monoisotopic (exact) mass is 230 g/mol. The van der Waals surface area contributed by atoms with Crippen molar-refractivity contribution >= 4 is 20.0 Å². The van der Waals surface area contributed by atoms with Crippen LogP contribution in [0.5, 0.6) is 0 Å². The molecule has 0 aliphatic rings. The van der Waals surface area contributed by atoms with Crippen LogP contribution >= 0.6 is 9.24 Å². The summed E-state index contributed by atoms with van der Waals surface area (Å²) in [5.74, 6) is 0. The standard InChI is InChI=1S/C15H19P/c1-12-5-7-15-11-13(4-2-3-9-16)6-8-14(15)10-12/h5-8,10-11H,2-4,9,16H2,1H3. The highest BCUT2D eigenvalue weighted by Crippen LogP contribution is 2.18. The van der Waals surface area contributed by atoms with E-state index in [0.717, 1.165) is 0 Å². The van der Waals surface area contributed by atoms with Crippen molar-refractivity contribution in [3.05, 3.63) is 47.5 Å². The lowest BCUT2D eigenvalue weighted by atomic mass is 10.0. The molecule has 0 spiro atoms. The van der Waals surface area contributed by atoms with Gasteiger partial charge in [0, 0.05) is 0 Å². The maximum atomic E-state index is 2.79. The smallest absolute Gasteiger partial charge is 0.0181 e. The summed E-state index contributed by atoms with van der Waals surface area (Å²) in [4.78, 5) is 0. The fourth-order valence-electron chi connectivity index (χ4n) is 2.04. The van der Waals surface area contributed by atoms with Crippen molar-refractivity contribution in [2.24, 2.45) is 0 Å². The van der Waals surface area contributed by atoms with E-state index < -0.39 is 0 Å². The van der Waals surface area contributed by atoms with E-state index in [4.69, 9.17) is 0 Å². The van der Waals surface area contributed by atoms with Crippen LogP contribution in [0.4, 0.5) is 0 Å². The van der Waals surface area contributed by atoms with Gasteiger partial charge in [0.2, 0.25) is 0 Å². The van der Waals surface area contributed by atoms with Crippen LogP contribution in [0, 0.1) is 6.92 Å². The summed E-state index contributed by atoms with van der Waals surface area (Å²) in [6.07, 6.45) is 5.02. The third-order valence-electron chi connectivity index (χ3n) is 2.98. The molecule has 2 aromatic rings. The van der Waals surface area contributed by atoms with E-state index in [9.17, 15) is 0 Å². The Hall–Kier alpha value is -0.870. The highest BCUT2D eigenvalue weighted by Gasteiger charge is 1.97. The van der Waals surface area contributed by atoms with Gasteiger partial charge in [-0.2, -0.15) is 0 Å². The summed E-state index contributed by atoms with van der Waals surface area (Å²) in [5.41, 5.74) is 2.80. The maximum Gasteiger partial charge on any atom is -0.0181 e. The summed E-state index contributed by atoms with van der Waals surface area (Å²) in [7, 11) is 2.79. The lowest BCUT2D eigenvalue weighted by Gasteiger charge is -2.04. The molecule has 0 bridgehead atoms. The zero-order chi connectivity index (χ0) is 11.4. The van der Waals surface area contributed by atoms with Gasteiger partial charge in [0.1, 0.15) is 0 Å². The molecular formula is C15H19P. The number of hydrogen-bond acceptors (Lipinski definition) is 0. The van der Waals surface area contributed by atoms with Gasteiger partial charge in [-0.3, -0.25) is 0 Å². The zero-order valence-electron chi connectivity index (χ0n) is 9.87. The second-order valence-corrected chi connectivity index (χ2v) is 5.01. The molecule has 84 valence electrons. The molecule has 0 radical (unpaired) electrons. The zero-order valence-corrected chi connectivity index (χ0v) is 11.0. The molecule has 0 fully saturated rings. The molecule has 1 heteroatoms. The molecule has 0 aliphatic heterocycles. The van der Waals surface area contributed by atoms with Crippen LogP contribution in [0.3, 0.4) is 0 Å². The molecule has 16 heavy (non-hydrogen) atoms. The summed E-state index contributed by atoms with van der Waals surface area (Å²) in [6, 6.07) is 13.5. The van der Waals surface area contributed by atoms with Gasteiger partial charge in [0.05, 0.1) is 0 Å². The number of rotatable bonds is 4. The van der Waals surface area contributed by atoms with E-state index in [1.807, 2.05) is 0 Å². The lowest BCUT2D eigenvalue weighted by Crippen LogP contribution is -1.86. The topological polar surface area (TPSA) is 0 Å². The second kappa shape index (κ2) is 5.46. The minimum Gasteiger partial charge on any atom is -0.138 e. The number of benzene rings is 2. The van der Waals surface area contributed by atoms with Crippen molar-refractivity contribution in [3.8, 4) is 0 Å². The first-order valence-electron chi connectivity index (χ1n) is 5.99. The summed E-state index contributed by atoms with van der Waals surface area (Å²) in [6.45, 7) is 2.15. The third-order valence-corrected chi connectivity index (χ3v) is 3.39. The molecule has 0 heterocycles. The molecular weight excluding hydrogens is 211 g/mol. The number of aryl methyl sites for hydroxylation is 2. The predicted octanol–water partition coefficient (Wildman–Crippen LogP) is 4.35. The molecule has 2 aromatic carbocycles. The van der Waals surface area contributed by atoms with Gasteiger partial charge in [0.25, 0.3) is 0 Å². The van der Waals surface area contributed by atoms with E-state index >= 15 is 0 Å². The molecule has 0 aliphatic carbocycles. The fraction of sp³-hybridized carbons (Fsp3) is 0.333. The molecule has 1 unspecified atom stereocenters. The Balaban J connectivity index is 2.20. The van der Waals surface area contributed by atoms with E-state index in [0.29, 0.717) is 0 Å². The van der Waals surface area contributed by atoms with Crippen LogP contribution in [0.25, 0.3) is 10.8 Å². The molecule has 0 N–H and O–H groups in total. The Labute approximate surface area is 100 Å². The molecule has 0 aromatic heterocycles. The SMILES string of the molecule is Cc1ccc2cc(CCCCP)ccc2c1. The number of unbranched alkanes of at least 4 members (excludes halogenated alkanes) is 1. The predicted molar refractivity (Wildman–Crippen MR) is 76.2 cm³/mol. The van der Waals surface area contributed by atoms with Crippen LogP contribution in [0.1, 0.15) is 24.0 Å². The highest BCUT2D eigenvalue weighted by molar-refractivity contribution is 7.16. The molecule has 0 amide bonds. The number of hydrogen-bond donors (Lipinski definition) is 0. The van der Waals surface area contributed by atoms with E-state index in [-0.39, 0.29) is 0 Å². The van der Waals surface area contributed by atoms with Crippen LogP contribution in [-0.2, 0) is 6.42 Å². The van der Waals surface area contributed by atoms with E-state index in [1.165, 1.54) is 47.3 Å². The third kappa shape index (κ3) is 2.83. The van der Waals surface area contributed by atoms with Crippen molar-refractivity contribution < 1.29 is 0 Å². The fourth-order valence-corrected chi connectivity index (χ4v) is 2.33. The van der Waals surface area contributed by atoms with Gasteiger partial charge in [0.15, 0.2) is 0 Å². The van der Waals surface area contributed by atoms with Gasteiger partial charge in [-0.1, -0.05) is 42.0 Å². The van der Waals surface area contributed by atoms with Gasteiger partial charge in [-0.15, -0.1) is 9.24 Å². The summed E-state index contributed by atoms with van der Waals surface area (Å²) >= 11 is 0. The molecule has 0 saturated heterocycles. The van der Waals surface area contributed by atoms with Crippen molar-refractivity contribution in [2.45, 2.75) is 26.2 Å². The van der Waals surface area contributed by atoms with Gasteiger partial charge < -0.3 is 0 Å². The Morgan fingerprint density at radius 1 is 0.938 bits per heavy atom. The first kappa shape index (κ1) is 11.6. The van der Waals surface area contributed by atoms with Crippen molar-refractivity contribution in [2.75, 3.05) is 6.16 Å². The average Bonchev–Trinajstić information content (AvgIpc) is 2.29. The van der Waals surface area contributed by atoms with E-state index in [1.54, 1.807) is 0 Å². The lowest BCUT2D eigenvalue weighted by molar-refractivity contribution is 0.803. The Bertz CT molecular complexity index is 474. The van der Waals surface area contributed by atoms with Crippen molar-refractivity contribution in [1.29, 1.82) is 0 Å². The van der Waals surface area contributed by atoms with Crippen LogP contribution in [0.15, 0.2) is 36.4 Å². The van der Waals surface area contributed by atoms with E-state index in [2.05, 4.69) is 52.6 Å². The molecule has 1 atom stereocenters. The van der Waals surface area contributed by atoms with Crippen LogP contribution in [0.2, 0.25) is 0 Å². The average molecular weight is 230 g/mol. The molecule has 2 rings (SSSR count). The first-order chi connectivity index (χ1) is 7.79. The Kier molecular flexibility index (Phi) is 3.96. The molecule has 0 saturated carbocycles. The Morgan fingerprint density at radius 3 is 2.50 bits per heavy atom. The van der Waals surface area contributed by atoms with Crippen molar-refractivity contribution in [1.82, 2.24) is 0 Å². The minimum atomic E-state index is 1.21. The quantitative estimate of drug-likeness (QED) is 0.541. The van der Waals surface area contributed by atoms with Crippen molar-refractivity contribution in [3.63, 3.8) is 0 Å². The second-order valence-electron chi connectivity index (χ2n) is 4.43. The summed E-state index contributed by atoms with van der Waals surface area (Å²) < 4.78 is 0. The Morgan fingerprint density at radius 2 is 1.69 bits per heavy atom. The highest BCUT2D eigenvalue weighted by atomic mass is 31.0. The van der Waals surface area contributed by atoms with Gasteiger partial charge >= 0.3 is 0 Å². The normalized spacial score (nSPS) is 10.9. The van der Waals surface area contributed by atoms with Crippen LogP contribution in [-0.4, -0.2) is 6.16 Å². The van der Waals surface area contributed by atoms with Gasteiger partial charge in [-0.25, -0.2) is 0 Å². The van der Waals surface area contributed by atoms with Gasteiger partial charge in [-0.05, 0) is 48.7 Å². The maximum absolute atomic E-state index is 2.79. The largest absolute Gasteiger partial charge is 0.138 e. The molecule has 0 nitrogen and oxygen atoms in total.